The molecular weight excluding hydrogens is 145 g/mol. The predicted molar refractivity (Wildman–Crippen MR) is 40.1 cm³/mol. The van der Waals surface area contributed by atoms with E-state index in [9.17, 15) is 4.39 Å². The molecule has 3 heteroatoms. The van der Waals surface area contributed by atoms with Gasteiger partial charge in [0.25, 0.3) is 0 Å². The van der Waals surface area contributed by atoms with Crippen LogP contribution in [-0.2, 0) is 0 Å². The zero-order chi connectivity index (χ0) is 8.43. The maximum Gasteiger partial charge on any atom is 0.170 e. The topological polar surface area (TPSA) is 26.0 Å². The molecule has 1 aromatic rings. The number of halogens is 1. The van der Waals surface area contributed by atoms with Crippen molar-refractivity contribution >= 4 is 0 Å². The van der Waals surface area contributed by atoms with Crippen LogP contribution in [-0.4, -0.2) is 5.16 Å². The van der Waals surface area contributed by atoms with Crippen LogP contribution in [0.1, 0.15) is 44.3 Å². The Morgan fingerprint density at radius 3 is 2.36 bits per heavy atom. The summed E-state index contributed by atoms with van der Waals surface area (Å²) < 4.78 is 17.3. The second kappa shape index (κ2) is 3.03. The summed E-state index contributed by atoms with van der Waals surface area (Å²) in [6.07, 6.45) is -1.06. The standard InChI is InChI=1S/C8H12FNO/c1-5(2)7-4-8(6(3)9)11-10-7/h4-6H,1-3H3. The highest BCUT2D eigenvalue weighted by atomic mass is 19.1. The Labute approximate surface area is 65.4 Å². The van der Waals surface area contributed by atoms with Crippen LogP contribution >= 0.6 is 0 Å². The van der Waals surface area contributed by atoms with Crippen LogP contribution < -0.4 is 0 Å². The lowest BCUT2D eigenvalue weighted by Crippen LogP contribution is -1.84. The molecule has 62 valence electrons. The third-order valence-electron chi connectivity index (χ3n) is 1.53. The minimum Gasteiger partial charge on any atom is -0.358 e. The smallest absolute Gasteiger partial charge is 0.170 e. The van der Waals surface area contributed by atoms with E-state index in [0.29, 0.717) is 11.7 Å². The van der Waals surface area contributed by atoms with Gasteiger partial charge in [-0.15, -0.1) is 0 Å². The molecule has 0 aliphatic carbocycles. The second-order valence-electron chi connectivity index (χ2n) is 2.92. The molecule has 0 aliphatic heterocycles. The number of hydrogen-bond acceptors (Lipinski definition) is 2. The fourth-order valence-corrected chi connectivity index (χ4v) is 0.763. The quantitative estimate of drug-likeness (QED) is 0.659. The summed E-state index contributed by atoms with van der Waals surface area (Å²) >= 11 is 0. The molecule has 1 aromatic heterocycles. The van der Waals surface area contributed by atoms with Crippen molar-refractivity contribution in [3.05, 3.63) is 17.5 Å². The molecule has 0 amide bonds. The van der Waals surface area contributed by atoms with Gasteiger partial charge in [-0.25, -0.2) is 4.39 Å². The van der Waals surface area contributed by atoms with Gasteiger partial charge in [0, 0.05) is 6.07 Å². The highest BCUT2D eigenvalue weighted by Gasteiger charge is 2.11. The van der Waals surface area contributed by atoms with Crippen molar-refractivity contribution in [2.45, 2.75) is 32.9 Å². The van der Waals surface area contributed by atoms with Gasteiger partial charge in [0.2, 0.25) is 0 Å². The number of alkyl halides is 1. The summed E-state index contributed by atoms with van der Waals surface area (Å²) in [6.45, 7) is 5.42. The first-order chi connectivity index (χ1) is 5.11. The van der Waals surface area contributed by atoms with Crippen LogP contribution in [0.15, 0.2) is 10.6 Å². The van der Waals surface area contributed by atoms with Crippen molar-refractivity contribution in [1.82, 2.24) is 5.16 Å². The molecule has 0 N–H and O–H groups in total. The molecule has 2 nitrogen and oxygen atoms in total. The van der Waals surface area contributed by atoms with Crippen LogP contribution in [0, 0.1) is 0 Å². The Morgan fingerprint density at radius 2 is 2.09 bits per heavy atom. The Morgan fingerprint density at radius 1 is 1.45 bits per heavy atom. The molecule has 0 saturated carbocycles. The van der Waals surface area contributed by atoms with Gasteiger partial charge in [-0.3, -0.25) is 0 Å². The lowest BCUT2D eigenvalue weighted by molar-refractivity contribution is 0.271. The van der Waals surface area contributed by atoms with Gasteiger partial charge in [0.15, 0.2) is 11.9 Å². The molecule has 1 atom stereocenters. The lowest BCUT2D eigenvalue weighted by Gasteiger charge is -1.93. The number of hydrogen-bond donors (Lipinski definition) is 0. The maximum atomic E-state index is 12.6. The highest BCUT2D eigenvalue weighted by Crippen LogP contribution is 2.20. The molecule has 11 heavy (non-hydrogen) atoms. The zero-order valence-corrected chi connectivity index (χ0v) is 6.97. The summed E-state index contributed by atoms with van der Waals surface area (Å²) in [5, 5.41) is 3.72. The van der Waals surface area contributed by atoms with Crippen molar-refractivity contribution in [2.24, 2.45) is 0 Å². The molecule has 0 saturated heterocycles. The number of aromatic nitrogens is 1. The minimum absolute atomic E-state index is 0.297. The first-order valence-electron chi connectivity index (χ1n) is 3.72. The molecule has 0 aromatic carbocycles. The third kappa shape index (κ3) is 1.79. The van der Waals surface area contributed by atoms with Gasteiger partial charge in [0.05, 0.1) is 5.69 Å². The first kappa shape index (κ1) is 8.24. The van der Waals surface area contributed by atoms with Gasteiger partial charge >= 0.3 is 0 Å². The van der Waals surface area contributed by atoms with Gasteiger partial charge < -0.3 is 4.52 Å². The SMILES string of the molecule is CC(C)c1cc(C(C)F)on1. The highest BCUT2D eigenvalue weighted by molar-refractivity contribution is 5.10. The first-order valence-corrected chi connectivity index (χ1v) is 3.72. The minimum atomic E-state index is -1.06. The summed E-state index contributed by atoms with van der Waals surface area (Å²) in [4.78, 5) is 0. The average molecular weight is 157 g/mol. The molecule has 0 radical (unpaired) electrons. The largest absolute Gasteiger partial charge is 0.358 e. The maximum absolute atomic E-state index is 12.6. The monoisotopic (exact) mass is 157 g/mol. The summed E-state index contributed by atoms with van der Waals surface area (Å²) in [6, 6.07) is 1.66. The summed E-state index contributed by atoms with van der Waals surface area (Å²) in [5.74, 6) is 0.611. The molecule has 1 rings (SSSR count). The third-order valence-corrected chi connectivity index (χ3v) is 1.53. The van der Waals surface area contributed by atoms with E-state index >= 15 is 0 Å². The lowest BCUT2D eigenvalue weighted by atomic mass is 10.1. The van der Waals surface area contributed by atoms with E-state index in [2.05, 4.69) is 5.16 Å². The zero-order valence-electron chi connectivity index (χ0n) is 6.97. The van der Waals surface area contributed by atoms with Gasteiger partial charge in [-0.2, -0.15) is 0 Å². The predicted octanol–water partition coefficient (Wildman–Crippen LogP) is 2.83. The molecule has 0 aliphatic rings. The van der Waals surface area contributed by atoms with Crippen molar-refractivity contribution in [3.63, 3.8) is 0 Å². The van der Waals surface area contributed by atoms with E-state index in [0.717, 1.165) is 5.69 Å². The molecular formula is C8H12FNO. The fraction of sp³-hybridized carbons (Fsp3) is 0.625. The molecule has 1 heterocycles. The molecule has 0 fully saturated rings. The van der Waals surface area contributed by atoms with E-state index in [1.807, 2.05) is 13.8 Å². The van der Waals surface area contributed by atoms with Crippen LogP contribution in [0.2, 0.25) is 0 Å². The summed E-state index contributed by atoms with van der Waals surface area (Å²) in [5.41, 5.74) is 0.810. The Bertz CT molecular complexity index is 207. The van der Waals surface area contributed by atoms with Gasteiger partial charge in [-0.1, -0.05) is 19.0 Å². The van der Waals surface area contributed by atoms with Gasteiger partial charge in [-0.05, 0) is 12.8 Å². The number of nitrogens with zero attached hydrogens (tertiary/aromatic N) is 1. The van der Waals surface area contributed by atoms with Crippen molar-refractivity contribution in [3.8, 4) is 0 Å². The Kier molecular flexibility index (Phi) is 2.27. The van der Waals surface area contributed by atoms with Crippen LogP contribution in [0.5, 0.6) is 0 Å². The van der Waals surface area contributed by atoms with Crippen LogP contribution in [0.25, 0.3) is 0 Å². The Hall–Kier alpha value is -0.860. The van der Waals surface area contributed by atoms with Crippen LogP contribution in [0.4, 0.5) is 4.39 Å². The second-order valence-corrected chi connectivity index (χ2v) is 2.92. The van der Waals surface area contributed by atoms with Crippen molar-refractivity contribution in [1.29, 1.82) is 0 Å². The van der Waals surface area contributed by atoms with E-state index < -0.39 is 6.17 Å². The van der Waals surface area contributed by atoms with E-state index in [1.165, 1.54) is 6.92 Å². The molecule has 1 unspecified atom stereocenters. The van der Waals surface area contributed by atoms with Crippen LogP contribution in [0.3, 0.4) is 0 Å². The summed E-state index contributed by atoms with van der Waals surface area (Å²) in [7, 11) is 0. The van der Waals surface area contributed by atoms with E-state index in [1.54, 1.807) is 6.07 Å². The van der Waals surface area contributed by atoms with E-state index in [-0.39, 0.29) is 0 Å². The number of rotatable bonds is 2. The normalized spacial score (nSPS) is 13.9. The van der Waals surface area contributed by atoms with Crippen molar-refractivity contribution < 1.29 is 8.91 Å². The van der Waals surface area contributed by atoms with Gasteiger partial charge in [0.1, 0.15) is 0 Å². The molecule has 0 bridgehead atoms. The van der Waals surface area contributed by atoms with Crippen molar-refractivity contribution in [2.75, 3.05) is 0 Å². The fourth-order valence-electron chi connectivity index (χ4n) is 0.763. The van der Waals surface area contributed by atoms with E-state index in [4.69, 9.17) is 4.52 Å². The molecule has 0 spiro atoms. The Balaban J connectivity index is 2.82. The average Bonchev–Trinajstić information content (AvgIpc) is 2.33.